The maximum atomic E-state index is 11.6. The van der Waals surface area contributed by atoms with Gasteiger partial charge < -0.3 is 15.2 Å². The molecule has 0 bridgehead atoms. The highest BCUT2D eigenvalue weighted by Crippen LogP contribution is 2.14. The number of rotatable bonds is 7. The van der Waals surface area contributed by atoms with Gasteiger partial charge in [-0.15, -0.1) is 0 Å². The van der Waals surface area contributed by atoms with Crippen molar-refractivity contribution in [1.29, 1.82) is 0 Å². The quantitative estimate of drug-likeness (QED) is 0.621. The first-order chi connectivity index (χ1) is 6.45. The summed E-state index contributed by atoms with van der Waals surface area (Å²) in [7, 11) is 0. The minimum absolute atomic E-state index is 0.0173. The molecular weight excluding hydrogens is 199 g/mol. The maximum Gasteiger partial charge on any atom is 0.411 e. The Morgan fingerprint density at radius 2 is 2.07 bits per heavy atom. The molecule has 1 atom stereocenters. The fraction of sp³-hybridized carbons (Fsp3) is 1.00. The van der Waals surface area contributed by atoms with Crippen LogP contribution in [0.2, 0.25) is 0 Å². The predicted octanol–water partition coefficient (Wildman–Crippen LogP) is 0.926. The summed E-state index contributed by atoms with van der Waals surface area (Å²) >= 11 is 0. The van der Waals surface area contributed by atoms with E-state index in [0.29, 0.717) is 13.0 Å². The molecule has 0 aliphatic heterocycles. The number of halogens is 3. The lowest BCUT2D eigenvalue weighted by atomic mass is 10.3. The number of hydrogen-bond acceptors (Lipinski definition) is 3. The summed E-state index contributed by atoms with van der Waals surface area (Å²) in [6, 6.07) is -0.0300. The summed E-state index contributed by atoms with van der Waals surface area (Å²) in [6.45, 7) is 1.23. The molecule has 2 N–H and O–H groups in total. The lowest BCUT2D eigenvalue weighted by Gasteiger charge is -2.11. The molecule has 0 saturated heterocycles. The van der Waals surface area contributed by atoms with Crippen LogP contribution in [0.3, 0.4) is 0 Å². The Balaban J connectivity index is 3.14. The number of hydrogen-bond donors (Lipinski definition) is 2. The molecule has 0 heterocycles. The van der Waals surface area contributed by atoms with Crippen molar-refractivity contribution in [3.63, 3.8) is 0 Å². The second kappa shape index (κ2) is 7.03. The van der Waals surface area contributed by atoms with E-state index in [4.69, 9.17) is 5.11 Å². The van der Waals surface area contributed by atoms with Crippen LogP contribution in [0.1, 0.15) is 13.3 Å². The third-order valence-corrected chi connectivity index (χ3v) is 1.50. The Morgan fingerprint density at radius 3 is 2.57 bits per heavy atom. The average Bonchev–Trinajstić information content (AvgIpc) is 2.08. The second-order valence-electron chi connectivity index (χ2n) is 3.06. The van der Waals surface area contributed by atoms with Gasteiger partial charge in [-0.05, 0) is 19.9 Å². The molecule has 0 fully saturated rings. The number of aliphatic hydroxyl groups excluding tert-OH is 1. The fourth-order valence-corrected chi connectivity index (χ4v) is 0.775. The molecule has 14 heavy (non-hydrogen) atoms. The molecule has 1 unspecified atom stereocenters. The van der Waals surface area contributed by atoms with E-state index < -0.39 is 12.8 Å². The monoisotopic (exact) mass is 215 g/mol. The van der Waals surface area contributed by atoms with Gasteiger partial charge in [-0.3, -0.25) is 0 Å². The highest BCUT2D eigenvalue weighted by Gasteiger charge is 2.27. The van der Waals surface area contributed by atoms with Crippen molar-refractivity contribution < 1.29 is 23.0 Å². The van der Waals surface area contributed by atoms with Gasteiger partial charge in [-0.25, -0.2) is 0 Å². The van der Waals surface area contributed by atoms with Crippen molar-refractivity contribution in [3.8, 4) is 0 Å². The summed E-state index contributed by atoms with van der Waals surface area (Å²) in [6.07, 6.45) is -3.74. The molecule has 0 amide bonds. The van der Waals surface area contributed by atoms with Crippen LogP contribution in [-0.2, 0) is 4.74 Å². The highest BCUT2D eigenvalue weighted by atomic mass is 19.4. The molecule has 0 saturated carbocycles. The number of ether oxygens (including phenoxy) is 1. The molecule has 0 aliphatic carbocycles. The van der Waals surface area contributed by atoms with Crippen molar-refractivity contribution in [2.75, 3.05) is 26.4 Å². The Hall–Kier alpha value is -0.330. The van der Waals surface area contributed by atoms with Crippen LogP contribution in [0.5, 0.6) is 0 Å². The Kier molecular flexibility index (Phi) is 6.86. The molecule has 0 radical (unpaired) electrons. The minimum atomic E-state index is -4.24. The van der Waals surface area contributed by atoms with Crippen LogP contribution in [-0.4, -0.2) is 43.7 Å². The van der Waals surface area contributed by atoms with Gasteiger partial charge in [-0.2, -0.15) is 13.2 Å². The zero-order chi connectivity index (χ0) is 11.0. The average molecular weight is 215 g/mol. The van der Waals surface area contributed by atoms with Crippen LogP contribution >= 0.6 is 0 Å². The molecule has 0 aromatic heterocycles. The first kappa shape index (κ1) is 13.7. The van der Waals surface area contributed by atoms with Gasteiger partial charge in [0, 0.05) is 12.6 Å². The fourth-order valence-electron chi connectivity index (χ4n) is 0.775. The summed E-state index contributed by atoms with van der Waals surface area (Å²) in [5, 5.41) is 11.5. The molecule has 0 aromatic rings. The molecule has 0 rings (SSSR count). The lowest BCUT2D eigenvalue weighted by Crippen LogP contribution is -2.30. The van der Waals surface area contributed by atoms with Gasteiger partial charge in [0.25, 0.3) is 0 Å². The smallest absolute Gasteiger partial charge is 0.395 e. The van der Waals surface area contributed by atoms with E-state index in [1.807, 2.05) is 0 Å². The van der Waals surface area contributed by atoms with Crippen molar-refractivity contribution in [2.24, 2.45) is 0 Å². The van der Waals surface area contributed by atoms with Gasteiger partial charge in [0.1, 0.15) is 6.61 Å². The van der Waals surface area contributed by atoms with Crippen molar-refractivity contribution in [1.82, 2.24) is 5.32 Å². The predicted molar refractivity (Wildman–Crippen MR) is 46.0 cm³/mol. The molecule has 0 aliphatic rings. The Morgan fingerprint density at radius 1 is 1.43 bits per heavy atom. The number of aliphatic hydroxyl groups is 1. The normalized spacial score (nSPS) is 14.4. The maximum absolute atomic E-state index is 11.6. The van der Waals surface area contributed by atoms with Crippen LogP contribution in [0, 0.1) is 0 Å². The van der Waals surface area contributed by atoms with E-state index in [1.165, 1.54) is 0 Å². The van der Waals surface area contributed by atoms with Gasteiger partial charge in [0.2, 0.25) is 0 Å². The van der Waals surface area contributed by atoms with Gasteiger partial charge >= 0.3 is 6.18 Å². The first-order valence-electron chi connectivity index (χ1n) is 4.44. The Bertz CT molecular complexity index is 141. The van der Waals surface area contributed by atoms with Gasteiger partial charge in [0.15, 0.2) is 0 Å². The summed E-state index contributed by atoms with van der Waals surface area (Å²) in [4.78, 5) is 0. The van der Waals surface area contributed by atoms with Crippen molar-refractivity contribution in [3.05, 3.63) is 0 Å². The molecule has 0 spiro atoms. The number of nitrogens with one attached hydrogen (secondary N) is 1. The molecule has 86 valence electrons. The Labute approximate surface area is 81.2 Å². The standard InChI is InChI=1S/C8H16F3NO2/c1-7(5-13)12-3-2-4-14-6-8(9,10)11/h7,12-13H,2-6H2,1H3. The number of alkyl halides is 3. The third-order valence-electron chi connectivity index (χ3n) is 1.50. The van der Waals surface area contributed by atoms with Crippen LogP contribution in [0.15, 0.2) is 0 Å². The third kappa shape index (κ3) is 9.76. The van der Waals surface area contributed by atoms with Gasteiger partial charge in [-0.1, -0.05) is 0 Å². The first-order valence-corrected chi connectivity index (χ1v) is 4.44. The second-order valence-corrected chi connectivity index (χ2v) is 3.06. The van der Waals surface area contributed by atoms with Crippen LogP contribution < -0.4 is 5.32 Å². The molecule has 6 heteroatoms. The lowest BCUT2D eigenvalue weighted by molar-refractivity contribution is -0.173. The molecule has 0 aromatic carbocycles. The topological polar surface area (TPSA) is 41.5 Å². The van der Waals surface area contributed by atoms with E-state index in [1.54, 1.807) is 6.92 Å². The SMILES string of the molecule is CC(CO)NCCCOCC(F)(F)F. The zero-order valence-electron chi connectivity index (χ0n) is 8.10. The highest BCUT2D eigenvalue weighted by molar-refractivity contribution is 4.57. The van der Waals surface area contributed by atoms with Crippen LogP contribution in [0.25, 0.3) is 0 Å². The molecule has 3 nitrogen and oxygen atoms in total. The summed E-state index contributed by atoms with van der Waals surface area (Å²) in [5.41, 5.74) is 0. The van der Waals surface area contributed by atoms with Crippen molar-refractivity contribution in [2.45, 2.75) is 25.6 Å². The zero-order valence-corrected chi connectivity index (χ0v) is 8.10. The minimum Gasteiger partial charge on any atom is -0.395 e. The van der Waals surface area contributed by atoms with Gasteiger partial charge in [0.05, 0.1) is 6.61 Å². The molecular formula is C8H16F3NO2. The largest absolute Gasteiger partial charge is 0.411 e. The van der Waals surface area contributed by atoms with Crippen LogP contribution in [0.4, 0.5) is 13.2 Å². The van der Waals surface area contributed by atoms with E-state index >= 15 is 0 Å². The van der Waals surface area contributed by atoms with Crippen molar-refractivity contribution >= 4 is 0 Å². The summed E-state index contributed by atoms with van der Waals surface area (Å²) < 4.78 is 39.1. The van der Waals surface area contributed by atoms with E-state index in [0.717, 1.165) is 0 Å². The van der Waals surface area contributed by atoms with E-state index in [2.05, 4.69) is 10.1 Å². The summed E-state index contributed by atoms with van der Waals surface area (Å²) in [5.74, 6) is 0. The van der Waals surface area contributed by atoms with E-state index in [9.17, 15) is 13.2 Å². The van der Waals surface area contributed by atoms with E-state index in [-0.39, 0.29) is 19.3 Å².